The van der Waals surface area contributed by atoms with Crippen molar-refractivity contribution in [3.05, 3.63) is 12.2 Å². The molecule has 0 bridgehead atoms. The summed E-state index contributed by atoms with van der Waals surface area (Å²) in [6.45, 7) is 13.1. The molecule has 1 aliphatic heterocycles. The Balaban J connectivity index is 2.73. The van der Waals surface area contributed by atoms with Crippen LogP contribution < -0.4 is 10.6 Å². The number of alkyl carbamates (subject to hydrolysis) is 1. The number of unbranched alkanes of at least 4 members (excludes halogenated alkanes) is 1. The van der Waals surface area contributed by atoms with Gasteiger partial charge < -0.3 is 24.8 Å². The number of hydrogen-bond donors (Lipinski definition) is 2. The molecular formula is C23H39N3O7. The number of hydrogen-bond acceptors (Lipinski definition) is 7. The summed E-state index contributed by atoms with van der Waals surface area (Å²) in [7, 11) is 0. The van der Waals surface area contributed by atoms with E-state index >= 15 is 0 Å². The monoisotopic (exact) mass is 469 g/mol. The Kier molecular flexibility index (Phi) is 10.7. The Hall–Kier alpha value is -2.78. The Labute approximate surface area is 196 Å². The number of ether oxygens (including phenoxy) is 3. The summed E-state index contributed by atoms with van der Waals surface area (Å²) in [6, 6.07) is -1.26. The van der Waals surface area contributed by atoms with Crippen molar-refractivity contribution in [3.8, 4) is 0 Å². The second-order valence-corrected chi connectivity index (χ2v) is 9.80. The largest absolute Gasteiger partial charge is 0.463 e. The normalized spacial score (nSPS) is 19.1. The van der Waals surface area contributed by atoms with E-state index in [0.717, 1.165) is 0 Å². The molecule has 10 heteroatoms. The fraction of sp³-hybridized carbons (Fsp3) is 0.739. The van der Waals surface area contributed by atoms with E-state index in [2.05, 4.69) is 10.6 Å². The van der Waals surface area contributed by atoms with Crippen LogP contribution >= 0.6 is 0 Å². The number of nitrogens with zero attached hydrogens (tertiary/aromatic N) is 1. The van der Waals surface area contributed by atoms with Crippen LogP contribution in [0.25, 0.3) is 0 Å². The molecule has 33 heavy (non-hydrogen) atoms. The first-order chi connectivity index (χ1) is 15.2. The highest BCUT2D eigenvalue weighted by Gasteiger charge is 2.38. The molecule has 10 nitrogen and oxygen atoms in total. The molecule has 0 spiro atoms. The minimum absolute atomic E-state index is 0.164. The van der Waals surface area contributed by atoms with Crippen molar-refractivity contribution < 1.29 is 33.4 Å². The van der Waals surface area contributed by atoms with Gasteiger partial charge in [0.15, 0.2) is 0 Å². The molecule has 0 unspecified atom stereocenters. The molecule has 2 atom stereocenters. The first-order valence-electron chi connectivity index (χ1n) is 11.3. The highest BCUT2D eigenvalue weighted by atomic mass is 16.6. The van der Waals surface area contributed by atoms with Crippen molar-refractivity contribution in [1.29, 1.82) is 0 Å². The maximum Gasteiger partial charge on any atom is 0.411 e. The SMILES string of the molecule is CCOC(=O)/C=C/[C@@H]1CN(C(=O)OC(C)(C)C)[C@@H](CCCCNC(=O)OC(C)(C)C)C(=O)N1. The molecule has 1 rings (SSSR count). The lowest BCUT2D eigenvalue weighted by molar-refractivity contribution is -0.137. The van der Waals surface area contributed by atoms with Gasteiger partial charge in [-0.15, -0.1) is 0 Å². The van der Waals surface area contributed by atoms with E-state index in [1.807, 2.05) is 0 Å². The lowest BCUT2D eigenvalue weighted by Gasteiger charge is -2.39. The van der Waals surface area contributed by atoms with E-state index in [4.69, 9.17) is 14.2 Å². The predicted molar refractivity (Wildman–Crippen MR) is 123 cm³/mol. The second-order valence-electron chi connectivity index (χ2n) is 9.80. The number of amides is 3. The molecule has 1 saturated heterocycles. The summed E-state index contributed by atoms with van der Waals surface area (Å²) in [5.41, 5.74) is -1.29. The number of carbonyl (C=O) groups is 4. The first-order valence-corrected chi connectivity index (χ1v) is 11.3. The van der Waals surface area contributed by atoms with Gasteiger partial charge >= 0.3 is 18.2 Å². The number of rotatable bonds is 8. The van der Waals surface area contributed by atoms with Crippen molar-refractivity contribution in [2.24, 2.45) is 0 Å². The third kappa shape index (κ3) is 11.6. The van der Waals surface area contributed by atoms with Gasteiger partial charge in [-0.2, -0.15) is 0 Å². The van der Waals surface area contributed by atoms with Crippen LogP contribution in [0.15, 0.2) is 12.2 Å². The van der Waals surface area contributed by atoms with Crippen molar-refractivity contribution in [2.75, 3.05) is 19.7 Å². The fourth-order valence-corrected chi connectivity index (χ4v) is 3.08. The first kappa shape index (κ1) is 28.3. The van der Waals surface area contributed by atoms with Gasteiger partial charge in [-0.25, -0.2) is 14.4 Å². The third-order valence-electron chi connectivity index (χ3n) is 4.35. The van der Waals surface area contributed by atoms with Crippen LogP contribution in [0.5, 0.6) is 0 Å². The minimum atomic E-state index is -0.719. The topological polar surface area (TPSA) is 123 Å². The predicted octanol–water partition coefficient (Wildman–Crippen LogP) is 2.90. The smallest absolute Gasteiger partial charge is 0.411 e. The molecule has 0 aromatic rings. The molecule has 1 heterocycles. The molecule has 0 saturated carbocycles. The molecule has 0 aromatic carbocycles. The van der Waals surface area contributed by atoms with Crippen LogP contribution in [-0.4, -0.2) is 71.9 Å². The highest BCUT2D eigenvalue weighted by Crippen LogP contribution is 2.19. The minimum Gasteiger partial charge on any atom is -0.463 e. The number of piperazine rings is 1. The molecule has 0 radical (unpaired) electrons. The van der Waals surface area contributed by atoms with Crippen LogP contribution in [0.2, 0.25) is 0 Å². The van der Waals surface area contributed by atoms with Crippen LogP contribution in [0.3, 0.4) is 0 Å². The second kappa shape index (κ2) is 12.5. The molecule has 1 fully saturated rings. The number of carbonyl (C=O) groups excluding carboxylic acids is 4. The summed E-state index contributed by atoms with van der Waals surface area (Å²) in [5.74, 6) is -0.846. The Morgan fingerprint density at radius 2 is 1.73 bits per heavy atom. The maximum absolute atomic E-state index is 12.8. The summed E-state index contributed by atoms with van der Waals surface area (Å²) < 4.78 is 15.5. The maximum atomic E-state index is 12.8. The summed E-state index contributed by atoms with van der Waals surface area (Å²) in [6.07, 6.45) is 3.26. The van der Waals surface area contributed by atoms with Crippen LogP contribution in [0.1, 0.15) is 67.7 Å². The zero-order chi connectivity index (χ0) is 25.2. The van der Waals surface area contributed by atoms with Crippen LogP contribution in [0, 0.1) is 0 Å². The van der Waals surface area contributed by atoms with Gasteiger partial charge in [0.05, 0.1) is 12.6 Å². The molecule has 0 aliphatic carbocycles. The molecule has 1 aliphatic rings. The lowest BCUT2D eigenvalue weighted by atomic mass is 10.0. The summed E-state index contributed by atoms with van der Waals surface area (Å²) >= 11 is 0. The molecule has 188 valence electrons. The summed E-state index contributed by atoms with van der Waals surface area (Å²) in [4.78, 5) is 50.3. The van der Waals surface area contributed by atoms with Gasteiger partial charge in [0.1, 0.15) is 17.2 Å². The van der Waals surface area contributed by atoms with E-state index in [0.29, 0.717) is 25.8 Å². The Bertz CT molecular complexity index is 723. The van der Waals surface area contributed by atoms with E-state index in [1.165, 1.54) is 17.1 Å². The Morgan fingerprint density at radius 1 is 1.09 bits per heavy atom. The summed E-state index contributed by atoms with van der Waals surface area (Å²) in [5, 5.41) is 5.50. The number of esters is 1. The Morgan fingerprint density at radius 3 is 2.30 bits per heavy atom. The van der Waals surface area contributed by atoms with Crippen molar-refractivity contribution in [2.45, 2.75) is 91.0 Å². The van der Waals surface area contributed by atoms with Gasteiger partial charge in [0.25, 0.3) is 0 Å². The average Bonchev–Trinajstić information content (AvgIpc) is 2.64. The molecule has 0 aromatic heterocycles. The van der Waals surface area contributed by atoms with Crippen LogP contribution in [0.4, 0.5) is 9.59 Å². The van der Waals surface area contributed by atoms with Crippen molar-refractivity contribution >= 4 is 24.1 Å². The quantitative estimate of drug-likeness (QED) is 0.242. The van der Waals surface area contributed by atoms with Crippen LogP contribution in [-0.2, 0) is 23.8 Å². The zero-order valence-electron chi connectivity index (χ0n) is 20.9. The lowest BCUT2D eigenvalue weighted by Crippen LogP contribution is -2.61. The van der Waals surface area contributed by atoms with Crippen molar-refractivity contribution in [1.82, 2.24) is 15.5 Å². The fourth-order valence-electron chi connectivity index (χ4n) is 3.08. The molecule has 3 amide bonds. The zero-order valence-corrected chi connectivity index (χ0v) is 20.9. The standard InChI is InChI=1S/C23H39N3O7/c1-8-31-18(27)13-12-16-15-26(21(30)33-23(5,6)7)17(19(28)25-16)11-9-10-14-24-20(29)32-22(2,3)4/h12-13,16-17H,8-11,14-15H2,1-7H3,(H,24,29)(H,25,28)/b13-12+/t16-,17+/m1/s1. The van der Waals surface area contributed by atoms with E-state index < -0.39 is 41.4 Å². The van der Waals surface area contributed by atoms with Crippen molar-refractivity contribution in [3.63, 3.8) is 0 Å². The van der Waals surface area contributed by atoms with E-state index in [9.17, 15) is 19.2 Å². The highest BCUT2D eigenvalue weighted by molar-refractivity contribution is 5.88. The average molecular weight is 470 g/mol. The van der Waals surface area contributed by atoms with E-state index in [-0.39, 0.29) is 19.1 Å². The van der Waals surface area contributed by atoms with E-state index in [1.54, 1.807) is 48.5 Å². The van der Waals surface area contributed by atoms with Gasteiger partial charge in [-0.05, 0) is 67.7 Å². The van der Waals surface area contributed by atoms with Gasteiger partial charge in [-0.3, -0.25) is 9.69 Å². The van der Waals surface area contributed by atoms with Gasteiger partial charge in [0, 0.05) is 19.2 Å². The molecule has 2 N–H and O–H groups in total. The third-order valence-corrected chi connectivity index (χ3v) is 4.35. The molecular weight excluding hydrogens is 430 g/mol. The van der Waals surface area contributed by atoms with Gasteiger partial charge in [-0.1, -0.05) is 6.08 Å². The van der Waals surface area contributed by atoms with Gasteiger partial charge in [0.2, 0.25) is 5.91 Å². The number of nitrogens with one attached hydrogen (secondary N) is 2.